The predicted molar refractivity (Wildman–Crippen MR) is 83.1 cm³/mol. The van der Waals surface area contributed by atoms with E-state index in [4.69, 9.17) is 1.37 Å². The molecule has 3 rings (SSSR count). The first kappa shape index (κ1) is 10.6. The van der Waals surface area contributed by atoms with Gasteiger partial charge in [0.1, 0.15) is 0 Å². The Kier molecular flexibility index (Phi) is 3.08. The zero-order valence-electron chi connectivity index (χ0n) is 11.7. The van der Waals surface area contributed by atoms with Crippen molar-refractivity contribution in [3.05, 3.63) is 90.0 Å². The van der Waals surface area contributed by atoms with Gasteiger partial charge < -0.3 is 0 Å². The van der Waals surface area contributed by atoms with Crippen LogP contribution >= 0.6 is 0 Å². The van der Waals surface area contributed by atoms with Gasteiger partial charge in [0.05, 0.1) is 0 Å². The summed E-state index contributed by atoms with van der Waals surface area (Å²) >= 11 is 0. The molecule has 19 heavy (non-hydrogen) atoms. The molecule has 0 saturated carbocycles. The lowest BCUT2D eigenvalue weighted by Gasteiger charge is -2.01. The number of rotatable bonds is 3. The third kappa shape index (κ3) is 2.74. The first-order valence-corrected chi connectivity index (χ1v) is 6.48. The van der Waals surface area contributed by atoms with Crippen LogP contribution in [0.4, 0.5) is 0 Å². The van der Waals surface area contributed by atoms with Crippen molar-refractivity contribution in [1.29, 1.82) is 0 Å². The highest BCUT2D eigenvalue weighted by Gasteiger charge is 1.95. The number of hydrogen-bond donors (Lipinski definition) is 0. The Labute approximate surface area is 115 Å². The molecule has 92 valence electrons. The predicted octanol–water partition coefficient (Wildman–Crippen LogP) is 5.10. The molecule has 0 heteroatoms. The van der Waals surface area contributed by atoms with Gasteiger partial charge in [-0.1, -0.05) is 84.9 Å². The summed E-state index contributed by atoms with van der Waals surface area (Å²) in [5.74, 6) is 0. The number of fused-ring (bicyclic) bond motifs is 1. The molecule has 0 aromatic heterocycles. The summed E-state index contributed by atoms with van der Waals surface area (Å²) < 4.78 is 8.18. The van der Waals surface area contributed by atoms with Gasteiger partial charge in [0, 0.05) is 1.37 Å². The summed E-state index contributed by atoms with van der Waals surface area (Å²) in [6.45, 7) is 0. The third-order valence-electron chi connectivity index (χ3n) is 3.19. The van der Waals surface area contributed by atoms with E-state index in [-0.39, 0.29) is 6.40 Å². The molecule has 3 aromatic rings. The van der Waals surface area contributed by atoms with Gasteiger partial charge >= 0.3 is 0 Å². The van der Waals surface area contributed by atoms with E-state index in [9.17, 15) is 0 Å². The van der Waals surface area contributed by atoms with Crippen molar-refractivity contribution in [3.63, 3.8) is 0 Å². The minimum absolute atomic E-state index is 0.324. The molecule has 0 aliphatic carbocycles. The van der Waals surface area contributed by atoms with E-state index >= 15 is 0 Å². The quantitative estimate of drug-likeness (QED) is 0.602. The van der Waals surface area contributed by atoms with Crippen molar-refractivity contribution in [3.8, 4) is 0 Å². The monoisotopic (exact) mass is 245 g/mol. The second-order valence-electron chi connectivity index (χ2n) is 4.50. The lowest BCUT2D eigenvalue weighted by Crippen LogP contribution is -1.80. The van der Waals surface area contributed by atoms with Crippen molar-refractivity contribution in [1.82, 2.24) is 0 Å². The van der Waals surface area contributed by atoms with E-state index in [0.717, 1.165) is 11.1 Å². The zero-order chi connectivity index (χ0) is 13.8. The number of benzene rings is 3. The van der Waals surface area contributed by atoms with Crippen LogP contribution in [0.15, 0.2) is 78.9 Å². The maximum Gasteiger partial charge on any atom is 0.0359 e. The fourth-order valence-electron chi connectivity index (χ4n) is 2.22. The molecule has 0 fully saturated rings. The van der Waals surface area contributed by atoms with E-state index in [0.29, 0.717) is 0 Å². The third-order valence-corrected chi connectivity index (χ3v) is 3.19. The Morgan fingerprint density at radius 1 is 0.789 bits per heavy atom. The van der Waals surface area contributed by atoms with Crippen LogP contribution in [0.3, 0.4) is 0 Å². The van der Waals surface area contributed by atoms with Crippen LogP contribution in [0.2, 0.25) is 0 Å². The first-order chi connectivity index (χ1) is 9.84. The van der Waals surface area contributed by atoms with E-state index in [1.807, 2.05) is 48.6 Å². The molecule has 0 aliphatic heterocycles. The summed E-state index contributed by atoms with van der Waals surface area (Å²) in [5.41, 5.74) is 2.18. The fourth-order valence-corrected chi connectivity index (χ4v) is 2.22. The van der Waals surface area contributed by atoms with Gasteiger partial charge in [-0.2, -0.15) is 0 Å². The van der Waals surface area contributed by atoms with Gasteiger partial charge in [-0.05, 0) is 28.3 Å². The van der Waals surface area contributed by atoms with Crippen LogP contribution in [0.25, 0.3) is 16.8 Å². The van der Waals surface area contributed by atoms with Crippen molar-refractivity contribution in [2.75, 3.05) is 0 Å². The average molecular weight is 245 g/mol. The minimum Gasteiger partial charge on any atom is -0.0795 e. The lowest BCUT2D eigenvalue weighted by atomic mass is 10.0. The largest absolute Gasteiger partial charge is 0.0795 e. The Morgan fingerprint density at radius 2 is 1.53 bits per heavy atom. The van der Waals surface area contributed by atoms with E-state index in [2.05, 4.69) is 36.4 Å². The average Bonchev–Trinajstić information content (AvgIpc) is 2.53. The molecule has 0 N–H and O–H groups in total. The molecule has 1 unspecified atom stereocenters. The molecule has 3 aromatic carbocycles. The standard InChI is InChI=1S/C19H16/c1-2-8-16(9-3-1)10-6-12-18-14-7-13-17-11-4-5-15-19(17)18/h1-9,11-15H,10H2/b12-6+/i10D. The van der Waals surface area contributed by atoms with Crippen LogP contribution in [-0.2, 0) is 6.40 Å². The summed E-state index contributed by atoms with van der Waals surface area (Å²) in [6.07, 6.45) is 3.67. The molecule has 0 bridgehead atoms. The Hall–Kier alpha value is -2.34. The number of hydrogen-bond acceptors (Lipinski definition) is 0. The van der Waals surface area contributed by atoms with E-state index < -0.39 is 0 Å². The molecule has 0 nitrogen and oxygen atoms in total. The maximum absolute atomic E-state index is 8.18. The maximum atomic E-state index is 8.18. The highest BCUT2D eigenvalue weighted by molar-refractivity contribution is 5.90. The van der Waals surface area contributed by atoms with Gasteiger partial charge in [-0.15, -0.1) is 0 Å². The molecule has 0 saturated heterocycles. The topological polar surface area (TPSA) is 0 Å². The smallest absolute Gasteiger partial charge is 0.0359 e. The lowest BCUT2D eigenvalue weighted by molar-refractivity contribution is 1.28. The van der Waals surface area contributed by atoms with Gasteiger partial charge in [-0.25, -0.2) is 0 Å². The molecule has 0 spiro atoms. The Balaban J connectivity index is 1.91. The van der Waals surface area contributed by atoms with E-state index in [1.165, 1.54) is 10.8 Å². The van der Waals surface area contributed by atoms with Crippen LogP contribution in [0, 0.1) is 0 Å². The first-order valence-electron chi connectivity index (χ1n) is 7.05. The molecular weight excluding hydrogens is 228 g/mol. The molecule has 0 amide bonds. The zero-order valence-corrected chi connectivity index (χ0v) is 10.7. The highest BCUT2D eigenvalue weighted by Crippen LogP contribution is 2.19. The molecule has 1 atom stereocenters. The second kappa shape index (κ2) is 5.53. The molecule has 0 radical (unpaired) electrons. The minimum atomic E-state index is -0.324. The van der Waals surface area contributed by atoms with Gasteiger partial charge in [-0.3, -0.25) is 0 Å². The summed E-state index contributed by atoms with van der Waals surface area (Å²) in [4.78, 5) is 0. The Morgan fingerprint density at radius 3 is 2.42 bits per heavy atom. The summed E-state index contributed by atoms with van der Waals surface area (Å²) in [6, 6.07) is 24.5. The molecular formula is C19H16. The van der Waals surface area contributed by atoms with Crippen LogP contribution in [0.5, 0.6) is 0 Å². The van der Waals surface area contributed by atoms with Crippen molar-refractivity contribution >= 4 is 16.8 Å². The molecule has 0 heterocycles. The number of allylic oxidation sites excluding steroid dienone is 1. The molecule has 0 aliphatic rings. The van der Waals surface area contributed by atoms with Crippen molar-refractivity contribution in [2.24, 2.45) is 0 Å². The van der Waals surface area contributed by atoms with Crippen LogP contribution < -0.4 is 0 Å². The van der Waals surface area contributed by atoms with Gasteiger partial charge in [0.2, 0.25) is 0 Å². The fraction of sp³-hybridized carbons (Fsp3) is 0.0526. The van der Waals surface area contributed by atoms with Crippen LogP contribution in [-0.4, -0.2) is 0 Å². The Bertz CT molecular complexity index is 724. The van der Waals surface area contributed by atoms with Crippen molar-refractivity contribution in [2.45, 2.75) is 6.40 Å². The summed E-state index contributed by atoms with van der Waals surface area (Å²) in [5, 5.41) is 2.46. The normalized spacial score (nSPS) is 13.6. The van der Waals surface area contributed by atoms with Crippen molar-refractivity contribution < 1.29 is 1.37 Å². The van der Waals surface area contributed by atoms with Gasteiger partial charge in [0.15, 0.2) is 0 Å². The summed E-state index contributed by atoms with van der Waals surface area (Å²) in [7, 11) is 0. The highest BCUT2D eigenvalue weighted by atomic mass is 14.0. The van der Waals surface area contributed by atoms with E-state index in [1.54, 1.807) is 0 Å². The van der Waals surface area contributed by atoms with Crippen LogP contribution in [0.1, 0.15) is 12.5 Å². The second-order valence-corrected chi connectivity index (χ2v) is 4.50. The SMILES string of the molecule is [2H]C(/C=C/c1cccc2ccccc12)c1ccccc1. The van der Waals surface area contributed by atoms with Gasteiger partial charge in [0.25, 0.3) is 0 Å².